The molecule has 1 radical (unpaired) electrons. The molecule has 0 amide bonds. The van der Waals surface area contributed by atoms with Gasteiger partial charge in [-0.3, -0.25) is 28.8 Å². The third kappa shape index (κ3) is 35.1. The Kier molecular flexibility index (Phi) is 27.5. The van der Waals surface area contributed by atoms with E-state index >= 15 is 0 Å². The first kappa shape index (κ1) is 33.5. The van der Waals surface area contributed by atoms with Gasteiger partial charge in [0.05, 0.1) is 0 Å². The molecule has 0 aliphatic heterocycles. The van der Waals surface area contributed by atoms with E-state index < -0.39 is 17.9 Å². The fourth-order valence-electron chi connectivity index (χ4n) is 1.61. The Morgan fingerprint density at radius 3 is 0.786 bits per heavy atom. The van der Waals surface area contributed by atoms with Crippen molar-refractivity contribution in [3.8, 4) is 0 Å². The summed E-state index contributed by atoms with van der Waals surface area (Å²) in [5, 5.41) is 24.3. The average Bonchev–Trinajstić information content (AvgIpc) is 2.46. The van der Waals surface area contributed by atoms with E-state index in [0.717, 1.165) is 19.3 Å². The predicted octanol–water partition coefficient (Wildman–Crippen LogP) is 2.49. The number of aliphatic carboxylic acids is 3. The number of carbonyl (C=O) groups excluding carboxylic acids is 3. The summed E-state index contributed by atoms with van der Waals surface area (Å²) in [6.07, 6.45) is 2.35. The van der Waals surface area contributed by atoms with Gasteiger partial charge in [0.25, 0.3) is 0 Å². The molecule has 0 saturated carbocycles. The van der Waals surface area contributed by atoms with Crippen molar-refractivity contribution in [2.45, 2.75) is 78.6 Å². The molecule has 9 nitrogen and oxygen atoms in total. The molecule has 0 bridgehead atoms. The predicted molar refractivity (Wildman–Crippen MR) is 96.5 cm³/mol. The largest absolute Gasteiger partial charge is 0.481 e. The van der Waals surface area contributed by atoms with Crippen LogP contribution in [0.25, 0.3) is 0 Å². The van der Waals surface area contributed by atoms with Crippen molar-refractivity contribution in [2.24, 2.45) is 0 Å². The number of Topliss-reactive ketones (excluding diaryl/α,β-unsaturated/α-hetero) is 3. The summed E-state index contributed by atoms with van der Waals surface area (Å²) in [6, 6.07) is 0. The fourth-order valence-corrected chi connectivity index (χ4v) is 1.61. The smallest absolute Gasteiger partial charge is 0.310 e. The molecule has 0 unspecified atom stereocenters. The number of carboxylic acids is 3. The van der Waals surface area contributed by atoms with Crippen molar-refractivity contribution >= 4 is 35.3 Å². The molecule has 28 heavy (non-hydrogen) atoms. The van der Waals surface area contributed by atoms with Gasteiger partial charge in [0, 0.05) is 36.0 Å². The molecule has 0 atom stereocenters. The zero-order chi connectivity index (χ0) is 21.8. The molecule has 0 saturated heterocycles. The van der Waals surface area contributed by atoms with E-state index in [-0.39, 0.29) is 53.4 Å². The summed E-state index contributed by atoms with van der Waals surface area (Å²) in [7, 11) is 0. The van der Waals surface area contributed by atoms with Crippen LogP contribution in [0.1, 0.15) is 78.6 Å². The first-order chi connectivity index (χ1) is 12.5. The van der Waals surface area contributed by atoms with Gasteiger partial charge in [0.15, 0.2) is 0 Å². The molecule has 165 valence electrons. The second kappa shape index (κ2) is 23.0. The Bertz CT molecular complexity index is 430. The van der Waals surface area contributed by atoms with E-state index in [1.54, 1.807) is 0 Å². The Morgan fingerprint density at radius 2 is 0.679 bits per heavy atom. The van der Waals surface area contributed by atoms with Crippen LogP contribution in [0.15, 0.2) is 0 Å². The molecular weight excluding hydrogens is 419 g/mol. The maximum atomic E-state index is 10.5. The van der Waals surface area contributed by atoms with Crippen LogP contribution in [0.2, 0.25) is 0 Å². The zero-order valence-corrected chi connectivity index (χ0v) is 17.5. The molecule has 0 aliphatic rings. The van der Waals surface area contributed by atoms with Gasteiger partial charge in [0.2, 0.25) is 0 Å². The maximum Gasteiger partial charge on any atom is 0.310 e. The van der Waals surface area contributed by atoms with Crippen LogP contribution in [0, 0.1) is 0 Å². The summed E-state index contributed by atoms with van der Waals surface area (Å²) < 4.78 is 0. The summed E-state index contributed by atoms with van der Waals surface area (Å²) >= 11 is 0. The van der Waals surface area contributed by atoms with Crippen LogP contribution in [0.5, 0.6) is 0 Å². The van der Waals surface area contributed by atoms with Gasteiger partial charge < -0.3 is 15.3 Å². The van der Waals surface area contributed by atoms with E-state index in [1.165, 1.54) is 0 Å². The van der Waals surface area contributed by atoms with Gasteiger partial charge in [-0.25, -0.2) is 0 Å². The molecule has 0 rings (SSSR count). The number of carbonyl (C=O) groups is 6. The third-order valence-corrected chi connectivity index (χ3v) is 2.63. The SMILES string of the molecule is CCCC(=O)CC(=O)O.CCCC(=O)CC(=O)O.CCCC(=O)CC(=O)O.[Co]. The Balaban J connectivity index is -0.000000152. The summed E-state index contributed by atoms with van der Waals surface area (Å²) in [5.41, 5.74) is 0. The standard InChI is InChI=1S/3C6H10O3.Co/c3*1-2-3-5(7)4-6(8)9;/h3*2-4H2,1H3,(H,8,9);. The number of carboxylic acid groups (broad SMARTS) is 3. The maximum absolute atomic E-state index is 10.5. The second-order valence-electron chi connectivity index (χ2n) is 5.58. The zero-order valence-electron chi connectivity index (χ0n) is 16.5. The molecular formula is C18H30CoO9. The topological polar surface area (TPSA) is 163 Å². The van der Waals surface area contributed by atoms with Crippen molar-refractivity contribution in [3.63, 3.8) is 0 Å². The van der Waals surface area contributed by atoms with Crippen molar-refractivity contribution in [3.05, 3.63) is 0 Å². The summed E-state index contributed by atoms with van der Waals surface area (Å²) in [6.45, 7) is 5.54. The van der Waals surface area contributed by atoms with Crippen LogP contribution in [0.4, 0.5) is 0 Å². The van der Waals surface area contributed by atoms with Gasteiger partial charge in [-0.2, -0.15) is 0 Å². The van der Waals surface area contributed by atoms with Crippen LogP contribution < -0.4 is 0 Å². The van der Waals surface area contributed by atoms with Crippen LogP contribution in [-0.2, 0) is 45.5 Å². The van der Waals surface area contributed by atoms with Crippen LogP contribution >= 0.6 is 0 Å². The van der Waals surface area contributed by atoms with Crippen LogP contribution in [0.3, 0.4) is 0 Å². The first-order valence-electron chi connectivity index (χ1n) is 8.70. The molecule has 3 N–H and O–H groups in total. The van der Waals surface area contributed by atoms with E-state index in [4.69, 9.17) is 15.3 Å². The Hall–Kier alpha value is -2.07. The minimum absolute atomic E-state index is 0. The molecule has 0 heterocycles. The van der Waals surface area contributed by atoms with Gasteiger partial charge in [-0.05, 0) is 19.3 Å². The first-order valence-corrected chi connectivity index (χ1v) is 8.70. The average molecular weight is 449 g/mol. The van der Waals surface area contributed by atoms with Crippen molar-refractivity contribution in [1.82, 2.24) is 0 Å². The van der Waals surface area contributed by atoms with E-state index in [9.17, 15) is 28.8 Å². The summed E-state index contributed by atoms with van der Waals surface area (Å²) in [4.78, 5) is 61.0. The van der Waals surface area contributed by atoms with Gasteiger partial charge in [-0.1, -0.05) is 20.8 Å². The van der Waals surface area contributed by atoms with Crippen molar-refractivity contribution < 1.29 is 60.9 Å². The van der Waals surface area contributed by atoms with Crippen LogP contribution in [-0.4, -0.2) is 50.6 Å². The number of ketones is 3. The fraction of sp³-hybridized carbons (Fsp3) is 0.667. The molecule has 0 aromatic carbocycles. The van der Waals surface area contributed by atoms with Gasteiger partial charge in [0.1, 0.15) is 36.6 Å². The summed E-state index contributed by atoms with van der Waals surface area (Å²) in [5.74, 6) is -3.67. The van der Waals surface area contributed by atoms with Gasteiger partial charge in [-0.15, -0.1) is 0 Å². The number of rotatable bonds is 12. The number of hydrogen-bond acceptors (Lipinski definition) is 6. The van der Waals surface area contributed by atoms with E-state index in [1.807, 2.05) is 20.8 Å². The van der Waals surface area contributed by atoms with E-state index in [2.05, 4.69) is 0 Å². The monoisotopic (exact) mass is 449 g/mol. The van der Waals surface area contributed by atoms with E-state index in [0.29, 0.717) is 19.3 Å². The second-order valence-corrected chi connectivity index (χ2v) is 5.58. The quantitative estimate of drug-likeness (QED) is 0.380. The molecule has 0 aromatic rings. The molecule has 0 aliphatic carbocycles. The minimum Gasteiger partial charge on any atom is -0.481 e. The van der Waals surface area contributed by atoms with Gasteiger partial charge >= 0.3 is 17.9 Å². The Morgan fingerprint density at radius 1 is 0.500 bits per heavy atom. The molecule has 0 aromatic heterocycles. The van der Waals surface area contributed by atoms with Crippen molar-refractivity contribution in [2.75, 3.05) is 0 Å². The normalized spacial score (nSPS) is 8.68. The molecule has 0 spiro atoms. The molecule has 10 heteroatoms. The minimum atomic E-state index is -1.03. The number of hydrogen-bond donors (Lipinski definition) is 3. The Labute approximate surface area is 175 Å². The molecule has 0 fully saturated rings. The third-order valence-electron chi connectivity index (χ3n) is 2.63. The van der Waals surface area contributed by atoms with Crippen molar-refractivity contribution in [1.29, 1.82) is 0 Å².